The molecule has 2 heterocycles. The first-order valence-electron chi connectivity index (χ1n) is 8.29. The summed E-state index contributed by atoms with van der Waals surface area (Å²) < 4.78 is 5.77. The quantitative estimate of drug-likeness (QED) is 0.480. The number of carbonyl (C=O) groups is 2. The van der Waals surface area contributed by atoms with Gasteiger partial charge in [-0.2, -0.15) is 0 Å². The number of amides is 2. The Labute approximate surface area is 164 Å². The molecule has 0 fully saturated rings. The predicted octanol–water partition coefficient (Wildman–Crippen LogP) is 2.81. The Morgan fingerprint density at radius 1 is 1.33 bits per heavy atom. The monoisotopic (exact) mass is 405 g/mol. The van der Waals surface area contributed by atoms with Crippen molar-refractivity contribution in [3.63, 3.8) is 0 Å². The van der Waals surface area contributed by atoms with Gasteiger partial charge in [0, 0.05) is 17.1 Å². The number of rotatable bonds is 7. The van der Waals surface area contributed by atoms with E-state index in [1.54, 1.807) is 6.92 Å². The third-order valence-electron chi connectivity index (χ3n) is 3.63. The molecule has 142 valence electrons. The Bertz CT molecular complexity index is 864. The first-order chi connectivity index (χ1) is 13.0. The SMILES string of the molecule is CCOC(=O)C1=C(CSc2nnc(Nc3ccc(C)cc3)s2)NC(=O)NC1. The van der Waals surface area contributed by atoms with Crippen molar-refractivity contribution in [2.24, 2.45) is 0 Å². The second kappa shape index (κ2) is 8.87. The molecule has 0 atom stereocenters. The van der Waals surface area contributed by atoms with E-state index in [9.17, 15) is 9.59 Å². The van der Waals surface area contributed by atoms with E-state index in [-0.39, 0.29) is 19.2 Å². The molecule has 0 spiro atoms. The van der Waals surface area contributed by atoms with Crippen molar-refractivity contribution in [3.05, 3.63) is 41.1 Å². The first-order valence-corrected chi connectivity index (χ1v) is 10.1. The second-order valence-electron chi connectivity index (χ2n) is 5.64. The number of anilines is 2. The zero-order valence-corrected chi connectivity index (χ0v) is 16.5. The molecule has 2 amide bonds. The zero-order valence-electron chi connectivity index (χ0n) is 14.9. The largest absolute Gasteiger partial charge is 0.463 e. The zero-order chi connectivity index (χ0) is 19.2. The molecule has 0 unspecified atom stereocenters. The smallest absolute Gasteiger partial charge is 0.337 e. The summed E-state index contributed by atoms with van der Waals surface area (Å²) in [5.41, 5.74) is 3.08. The fourth-order valence-corrected chi connectivity index (χ4v) is 4.04. The van der Waals surface area contributed by atoms with Gasteiger partial charge in [-0.1, -0.05) is 40.8 Å². The molecular weight excluding hydrogens is 386 g/mol. The minimum atomic E-state index is -0.431. The second-order valence-corrected chi connectivity index (χ2v) is 7.84. The molecule has 2 aromatic rings. The molecule has 1 aromatic carbocycles. The molecule has 1 aromatic heterocycles. The van der Waals surface area contributed by atoms with Gasteiger partial charge in [0.15, 0.2) is 4.34 Å². The van der Waals surface area contributed by atoms with E-state index in [4.69, 9.17) is 4.74 Å². The standard InChI is InChI=1S/C17H19N5O3S2/c1-3-25-14(23)12-8-18-15(24)20-13(12)9-26-17-22-21-16(27-17)19-11-6-4-10(2)5-7-11/h4-7H,3,8-9H2,1-2H3,(H,19,21)(H2,18,20,24). The van der Waals surface area contributed by atoms with Crippen LogP contribution in [0.25, 0.3) is 0 Å². The highest BCUT2D eigenvalue weighted by Gasteiger charge is 2.24. The predicted molar refractivity (Wildman–Crippen MR) is 105 cm³/mol. The van der Waals surface area contributed by atoms with Crippen molar-refractivity contribution in [2.45, 2.75) is 18.2 Å². The highest BCUT2D eigenvalue weighted by atomic mass is 32.2. The van der Waals surface area contributed by atoms with Crippen molar-refractivity contribution < 1.29 is 14.3 Å². The van der Waals surface area contributed by atoms with E-state index < -0.39 is 5.97 Å². The third-order valence-corrected chi connectivity index (χ3v) is 5.62. The van der Waals surface area contributed by atoms with Gasteiger partial charge in [-0.05, 0) is 26.0 Å². The molecule has 10 heteroatoms. The molecule has 0 saturated carbocycles. The number of hydrogen-bond acceptors (Lipinski definition) is 8. The summed E-state index contributed by atoms with van der Waals surface area (Å²) in [5, 5.41) is 17.4. The van der Waals surface area contributed by atoms with E-state index in [0.29, 0.717) is 22.2 Å². The van der Waals surface area contributed by atoms with Gasteiger partial charge in [0.05, 0.1) is 18.7 Å². The third kappa shape index (κ3) is 5.20. The fraction of sp³-hybridized carbons (Fsp3) is 0.294. The number of carbonyl (C=O) groups excluding carboxylic acids is 2. The molecule has 0 bridgehead atoms. The molecule has 3 rings (SSSR count). The van der Waals surface area contributed by atoms with Crippen LogP contribution in [0.15, 0.2) is 39.9 Å². The van der Waals surface area contributed by atoms with Crippen LogP contribution in [-0.2, 0) is 9.53 Å². The number of aryl methyl sites for hydroxylation is 1. The van der Waals surface area contributed by atoms with E-state index in [1.807, 2.05) is 31.2 Å². The number of hydrogen-bond donors (Lipinski definition) is 3. The van der Waals surface area contributed by atoms with Crippen LogP contribution < -0.4 is 16.0 Å². The average molecular weight is 406 g/mol. The first kappa shape index (κ1) is 19.2. The van der Waals surface area contributed by atoms with Crippen LogP contribution in [-0.4, -0.2) is 41.1 Å². The van der Waals surface area contributed by atoms with Gasteiger partial charge < -0.3 is 20.7 Å². The van der Waals surface area contributed by atoms with Crippen LogP contribution in [0.2, 0.25) is 0 Å². The number of thioether (sulfide) groups is 1. The van der Waals surface area contributed by atoms with Gasteiger partial charge in [0.1, 0.15) is 0 Å². The maximum absolute atomic E-state index is 12.0. The molecule has 0 aliphatic carbocycles. The van der Waals surface area contributed by atoms with Gasteiger partial charge in [-0.3, -0.25) is 0 Å². The van der Waals surface area contributed by atoms with Crippen molar-refractivity contribution in [1.82, 2.24) is 20.8 Å². The summed E-state index contributed by atoms with van der Waals surface area (Å²) in [6.45, 7) is 4.20. The maximum atomic E-state index is 12.0. The van der Waals surface area contributed by atoms with Crippen LogP contribution >= 0.6 is 23.1 Å². The Morgan fingerprint density at radius 2 is 2.11 bits per heavy atom. The Morgan fingerprint density at radius 3 is 2.85 bits per heavy atom. The van der Waals surface area contributed by atoms with Crippen molar-refractivity contribution in [3.8, 4) is 0 Å². The number of nitrogens with zero attached hydrogens (tertiary/aromatic N) is 2. The van der Waals surface area contributed by atoms with Gasteiger partial charge in [-0.25, -0.2) is 9.59 Å². The van der Waals surface area contributed by atoms with Gasteiger partial charge >= 0.3 is 12.0 Å². The van der Waals surface area contributed by atoms with Gasteiger partial charge in [0.25, 0.3) is 0 Å². The summed E-state index contributed by atoms with van der Waals surface area (Å²) in [7, 11) is 0. The van der Waals surface area contributed by atoms with Gasteiger partial charge in [0.2, 0.25) is 5.13 Å². The lowest BCUT2D eigenvalue weighted by atomic mass is 10.2. The minimum Gasteiger partial charge on any atom is -0.463 e. The number of ether oxygens (including phenoxy) is 1. The number of nitrogens with one attached hydrogen (secondary N) is 3. The summed E-state index contributed by atoms with van der Waals surface area (Å²) in [6.07, 6.45) is 0. The molecule has 8 nitrogen and oxygen atoms in total. The molecule has 3 N–H and O–H groups in total. The Balaban J connectivity index is 1.64. The highest BCUT2D eigenvalue weighted by Crippen LogP contribution is 2.29. The maximum Gasteiger partial charge on any atom is 0.337 e. The number of urea groups is 1. The van der Waals surface area contributed by atoms with E-state index >= 15 is 0 Å². The van der Waals surface area contributed by atoms with E-state index in [1.165, 1.54) is 28.7 Å². The van der Waals surface area contributed by atoms with Crippen molar-refractivity contribution in [1.29, 1.82) is 0 Å². The lowest BCUT2D eigenvalue weighted by Crippen LogP contribution is -2.44. The molecular formula is C17H19N5O3S2. The van der Waals surface area contributed by atoms with Crippen molar-refractivity contribution in [2.75, 3.05) is 24.2 Å². The molecule has 1 aliphatic rings. The van der Waals surface area contributed by atoms with Crippen molar-refractivity contribution >= 4 is 45.9 Å². The summed E-state index contributed by atoms with van der Waals surface area (Å²) >= 11 is 2.80. The summed E-state index contributed by atoms with van der Waals surface area (Å²) in [6, 6.07) is 7.65. The highest BCUT2D eigenvalue weighted by molar-refractivity contribution is 8.01. The van der Waals surface area contributed by atoms with E-state index in [0.717, 1.165) is 10.0 Å². The summed E-state index contributed by atoms with van der Waals surface area (Å²) in [4.78, 5) is 23.6. The minimum absolute atomic E-state index is 0.150. The van der Waals surface area contributed by atoms with Crippen LogP contribution in [0.3, 0.4) is 0 Å². The Kier molecular flexibility index (Phi) is 6.30. The normalized spacial score (nSPS) is 13.8. The van der Waals surface area contributed by atoms with Crippen LogP contribution in [0.1, 0.15) is 12.5 Å². The Hall–Kier alpha value is -2.59. The van der Waals surface area contributed by atoms with Crippen LogP contribution in [0.4, 0.5) is 15.6 Å². The number of benzene rings is 1. The molecule has 0 saturated heterocycles. The van der Waals surface area contributed by atoms with Crippen LogP contribution in [0, 0.1) is 6.92 Å². The fourth-order valence-electron chi connectivity index (χ4n) is 2.28. The topological polar surface area (TPSA) is 105 Å². The van der Waals surface area contributed by atoms with E-state index in [2.05, 4.69) is 26.1 Å². The molecule has 27 heavy (non-hydrogen) atoms. The average Bonchev–Trinajstić information content (AvgIpc) is 3.09. The number of aromatic nitrogens is 2. The van der Waals surface area contributed by atoms with Crippen LogP contribution in [0.5, 0.6) is 0 Å². The summed E-state index contributed by atoms with van der Waals surface area (Å²) in [5.74, 6) is -0.0413. The number of esters is 1. The molecule has 0 radical (unpaired) electrons. The lowest BCUT2D eigenvalue weighted by molar-refractivity contribution is -0.138. The molecule has 1 aliphatic heterocycles. The lowest BCUT2D eigenvalue weighted by Gasteiger charge is -2.20. The van der Waals surface area contributed by atoms with Gasteiger partial charge in [-0.15, -0.1) is 10.2 Å².